The van der Waals surface area contributed by atoms with Gasteiger partial charge in [-0.25, -0.2) is 0 Å². The molecule has 0 saturated carbocycles. The molecule has 0 saturated heterocycles. The van der Waals surface area contributed by atoms with Crippen LogP contribution in [0.15, 0.2) is 16.5 Å². The summed E-state index contributed by atoms with van der Waals surface area (Å²) < 4.78 is 10.4. The van der Waals surface area contributed by atoms with Gasteiger partial charge < -0.3 is 14.3 Å². The highest BCUT2D eigenvalue weighted by Crippen LogP contribution is 2.11. The first-order chi connectivity index (χ1) is 6.22. The van der Waals surface area contributed by atoms with Crippen molar-refractivity contribution >= 4 is 0 Å². The molecule has 0 spiro atoms. The van der Waals surface area contributed by atoms with E-state index in [0.29, 0.717) is 6.61 Å². The summed E-state index contributed by atoms with van der Waals surface area (Å²) in [5.74, 6) is 1.75. The van der Waals surface area contributed by atoms with Crippen LogP contribution >= 0.6 is 0 Å². The lowest BCUT2D eigenvalue weighted by Gasteiger charge is -2.00. The fourth-order valence-corrected chi connectivity index (χ4v) is 1.13. The second-order valence-corrected chi connectivity index (χ2v) is 3.19. The van der Waals surface area contributed by atoms with Crippen LogP contribution in [0.2, 0.25) is 0 Å². The molecule has 0 unspecified atom stereocenters. The van der Waals surface area contributed by atoms with E-state index in [0.717, 1.165) is 24.4 Å². The molecule has 1 aromatic rings. The van der Waals surface area contributed by atoms with Crippen LogP contribution in [0.25, 0.3) is 0 Å². The average Bonchev–Trinajstić information content (AvgIpc) is 2.50. The second-order valence-electron chi connectivity index (χ2n) is 3.19. The fraction of sp³-hybridized carbons (Fsp3) is 0.600. The third-order valence-corrected chi connectivity index (χ3v) is 1.81. The molecule has 0 amide bonds. The Kier molecular flexibility index (Phi) is 3.99. The molecule has 0 bridgehead atoms. The van der Waals surface area contributed by atoms with E-state index in [1.54, 1.807) is 14.0 Å². The summed E-state index contributed by atoms with van der Waals surface area (Å²) in [6, 6.07) is 3.83. The summed E-state index contributed by atoms with van der Waals surface area (Å²) in [7, 11) is 1.64. The van der Waals surface area contributed by atoms with Crippen LogP contribution in [-0.2, 0) is 17.8 Å². The van der Waals surface area contributed by atoms with Gasteiger partial charge in [-0.05, 0) is 25.5 Å². The lowest BCUT2D eigenvalue weighted by Crippen LogP contribution is -2.00. The van der Waals surface area contributed by atoms with E-state index in [9.17, 15) is 0 Å². The first-order valence-corrected chi connectivity index (χ1v) is 4.47. The van der Waals surface area contributed by atoms with Crippen molar-refractivity contribution in [3.05, 3.63) is 23.7 Å². The second kappa shape index (κ2) is 5.04. The van der Waals surface area contributed by atoms with E-state index in [2.05, 4.69) is 0 Å². The SMILES string of the molecule is COCc1ccc(CC[C@H](C)O)o1. The number of rotatable bonds is 5. The van der Waals surface area contributed by atoms with Gasteiger partial charge in [-0.2, -0.15) is 0 Å². The maximum absolute atomic E-state index is 9.06. The maximum Gasteiger partial charge on any atom is 0.129 e. The smallest absolute Gasteiger partial charge is 0.129 e. The third-order valence-electron chi connectivity index (χ3n) is 1.81. The molecule has 1 aromatic heterocycles. The molecule has 0 aliphatic heterocycles. The molecule has 1 heterocycles. The zero-order chi connectivity index (χ0) is 9.68. The molecule has 74 valence electrons. The average molecular weight is 184 g/mol. The minimum atomic E-state index is -0.268. The van der Waals surface area contributed by atoms with Crippen molar-refractivity contribution in [2.24, 2.45) is 0 Å². The number of aryl methyl sites for hydroxylation is 1. The van der Waals surface area contributed by atoms with E-state index in [1.807, 2.05) is 12.1 Å². The zero-order valence-electron chi connectivity index (χ0n) is 8.12. The minimum Gasteiger partial charge on any atom is -0.464 e. The quantitative estimate of drug-likeness (QED) is 0.758. The van der Waals surface area contributed by atoms with Crippen molar-refractivity contribution in [2.75, 3.05) is 7.11 Å². The fourth-order valence-electron chi connectivity index (χ4n) is 1.13. The lowest BCUT2D eigenvalue weighted by atomic mass is 10.2. The van der Waals surface area contributed by atoms with Gasteiger partial charge in [0.05, 0.1) is 6.10 Å². The summed E-state index contributed by atoms with van der Waals surface area (Å²) in [5, 5.41) is 9.06. The molecule has 0 aliphatic rings. The predicted octanol–water partition coefficient (Wildman–Crippen LogP) is 1.74. The Morgan fingerprint density at radius 2 is 2.15 bits per heavy atom. The monoisotopic (exact) mass is 184 g/mol. The Hall–Kier alpha value is -0.800. The summed E-state index contributed by atoms with van der Waals surface area (Å²) in [6.45, 7) is 2.29. The number of hydrogen-bond acceptors (Lipinski definition) is 3. The van der Waals surface area contributed by atoms with Gasteiger partial charge in [-0.15, -0.1) is 0 Å². The highest BCUT2D eigenvalue weighted by Gasteiger charge is 2.03. The first-order valence-electron chi connectivity index (χ1n) is 4.47. The molecule has 0 aromatic carbocycles. The van der Waals surface area contributed by atoms with Crippen LogP contribution in [0.1, 0.15) is 24.9 Å². The van der Waals surface area contributed by atoms with Gasteiger partial charge in [0.15, 0.2) is 0 Å². The molecule has 1 N–H and O–H groups in total. The molecular weight excluding hydrogens is 168 g/mol. The number of ether oxygens (including phenoxy) is 1. The van der Waals surface area contributed by atoms with E-state index in [-0.39, 0.29) is 6.10 Å². The van der Waals surface area contributed by atoms with E-state index in [4.69, 9.17) is 14.3 Å². The van der Waals surface area contributed by atoms with Gasteiger partial charge in [0, 0.05) is 13.5 Å². The topological polar surface area (TPSA) is 42.6 Å². The highest BCUT2D eigenvalue weighted by atomic mass is 16.5. The molecule has 1 atom stereocenters. The largest absolute Gasteiger partial charge is 0.464 e. The molecule has 13 heavy (non-hydrogen) atoms. The summed E-state index contributed by atoms with van der Waals surface area (Å²) >= 11 is 0. The Balaban J connectivity index is 2.39. The van der Waals surface area contributed by atoms with Crippen LogP contribution in [0.3, 0.4) is 0 Å². The van der Waals surface area contributed by atoms with Crippen LogP contribution in [0.4, 0.5) is 0 Å². The molecule has 0 fully saturated rings. The van der Waals surface area contributed by atoms with Gasteiger partial charge >= 0.3 is 0 Å². The summed E-state index contributed by atoms with van der Waals surface area (Å²) in [4.78, 5) is 0. The highest BCUT2D eigenvalue weighted by molar-refractivity contribution is 5.06. The first kappa shape index (κ1) is 10.3. The molecule has 0 radical (unpaired) electrons. The van der Waals surface area contributed by atoms with Crippen molar-refractivity contribution in [3.63, 3.8) is 0 Å². The van der Waals surface area contributed by atoms with Gasteiger partial charge in [-0.1, -0.05) is 0 Å². The molecule has 3 heteroatoms. The standard InChI is InChI=1S/C10H16O3/c1-8(11)3-4-9-5-6-10(13-9)7-12-2/h5-6,8,11H,3-4,7H2,1-2H3/t8-/m0/s1. The lowest BCUT2D eigenvalue weighted by molar-refractivity contribution is 0.160. The van der Waals surface area contributed by atoms with Gasteiger partial charge in [-0.3, -0.25) is 0 Å². The van der Waals surface area contributed by atoms with Crippen molar-refractivity contribution in [1.82, 2.24) is 0 Å². The number of aliphatic hydroxyl groups excluding tert-OH is 1. The van der Waals surface area contributed by atoms with E-state index >= 15 is 0 Å². The van der Waals surface area contributed by atoms with Gasteiger partial charge in [0.2, 0.25) is 0 Å². The van der Waals surface area contributed by atoms with Crippen LogP contribution in [0, 0.1) is 0 Å². The molecule has 1 rings (SSSR count). The normalized spacial score (nSPS) is 13.2. The van der Waals surface area contributed by atoms with E-state index < -0.39 is 0 Å². The number of methoxy groups -OCH3 is 1. The Bertz CT molecular complexity index is 240. The Labute approximate surface area is 78.3 Å². The van der Waals surface area contributed by atoms with E-state index in [1.165, 1.54) is 0 Å². The van der Waals surface area contributed by atoms with Gasteiger partial charge in [0.25, 0.3) is 0 Å². The van der Waals surface area contributed by atoms with Crippen molar-refractivity contribution < 1.29 is 14.3 Å². The summed E-state index contributed by atoms with van der Waals surface area (Å²) in [5.41, 5.74) is 0. The molecular formula is C10H16O3. The molecule has 0 aliphatic carbocycles. The molecule has 3 nitrogen and oxygen atoms in total. The number of aliphatic hydroxyl groups is 1. The van der Waals surface area contributed by atoms with Crippen LogP contribution in [0.5, 0.6) is 0 Å². The predicted molar refractivity (Wildman–Crippen MR) is 49.4 cm³/mol. The van der Waals surface area contributed by atoms with Crippen molar-refractivity contribution in [3.8, 4) is 0 Å². The van der Waals surface area contributed by atoms with Gasteiger partial charge in [0.1, 0.15) is 18.1 Å². The van der Waals surface area contributed by atoms with Crippen LogP contribution in [-0.4, -0.2) is 18.3 Å². The maximum atomic E-state index is 9.06. The minimum absolute atomic E-state index is 0.268. The van der Waals surface area contributed by atoms with Crippen molar-refractivity contribution in [2.45, 2.75) is 32.5 Å². The zero-order valence-corrected chi connectivity index (χ0v) is 8.12. The van der Waals surface area contributed by atoms with Crippen LogP contribution < -0.4 is 0 Å². The number of furan rings is 1. The Morgan fingerprint density at radius 1 is 1.46 bits per heavy atom. The third kappa shape index (κ3) is 3.61. The summed E-state index contributed by atoms with van der Waals surface area (Å²) in [6.07, 6.45) is 1.25. The Morgan fingerprint density at radius 3 is 2.77 bits per heavy atom. The van der Waals surface area contributed by atoms with Crippen molar-refractivity contribution in [1.29, 1.82) is 0 Å². The number of hydrogen-bond donors (Lipinski definition) is 1.